The van der Waals surface area contributed by atoms with Crippen LogP contribution in [0.3, 0.4) is 0 Å². The molecule has 1 heterocycles. The second-order valence-corrected chi connectivity index (χ2v) is 7.27. The summed E-state index contributed by atoms with van der Waals surface area (Å²) in [6.07, 6.45) is 6.63. The molecule has 1 aliphatic heterocycles. The molecule has 4 heteroatoms. The van der Waals surface area contributed by atoms with E-state index in [1.165, 1.54) is 12.8 Å². The predicted molar refractivity (Wildman–Crippen MR) is 87.6 cm³/mol. The van der Waals surface area contributed by atoms with Crippen molar-refractivity contribution in [2.75, 3.05) is 13.1 Å². The molecule has 4 nitrogen and oxygen atoms in total. The Balaban J connectivity index is 2.64. The summed E-state index contributed by atoms with van der Waals surface area (Å²) in [4.78, 5) is 14.4. The molecule has 1 rings (SSSR count). The lowest BCUT2D eigenvalue weighted by atomic mass is 10.0. The van der Waals surface area contributed by atoms with E-state index in [1.54, 1.807) is 0 Å². The third-order valence-corrected chi connectivity index (χ3v) is 3.87. The number of nitrogens with one attached hydrogen (secondary N) is 1. The van der Waals surface area contributed by atoms with Gasteiger partial charge >= 0.3 is 6.09 Å². The molecule has 1 N–H and O–H groups in total. The van der Waals surface area contributed by atoms with Crippen LogP contribution in [0.4, 0.5) is 4.79 Å². The lowest BCUT2D eigenvalue weighted by molar-refractivity contribution is 0.0150. The fourth-order valence-electron chi connectivity index (χ4n) is 2.87. The number of rotatable bonds is 5. The van der Waals surface area contributed by atoms with Gasteiger partial charge in [-0.25, -0.2) is 4.79 Å². The first kappa shape index (κ1) is 18.3. The van der Waals surface area contributed by atoms with Crippen LogP contribution in [0.2, 0.25) is 0 Å². The summed E-state index contributed by atoms with van der Waals surface area (Å²) in [6, 6.07) is 0.750. The standard InChI is InChI=1S/C17H34N2O2/c1-6-11-18-14(2)13-15-10-8-7-9-12-19(15)16(20)21-17(3,4)5/h14-15,18H,6-13H2,1-5H3. The molecule has 0 aromatic heterocycles. The van der Waals surface area contributed by atoms with Gasteiger partial charge in [0.1, 0.15) is 5.60 Å². The highest BCUT2D eigenvalue weighted by molar-refractivity contribution is 5.68. The molecule has 124 valence electrons. The molecule has 0 spiro atoms. The van der Waals surface area contributed by atoms with E-state index in [9.17, 15) is 4.79 Å². The normalized spacial score (nSPS) is 21.8. The van der Waals surface area contributed by atoms with Gasteiger partial charge in [0.05, 0.1) is 0 Å². The van der Waals surface area contributed by atoms with Crippen LogP contribution in [0.1, 0.15) is 73.1 Å². The highest BCUT2D eigenvalue weighted by atomic mass is 16.6. The Labute approximate surface area is 130 Å². The van der Waals surface area contributed by atoms with Gasteiger partial charge < -0.3 is 15.0 Å². The molecule has 1 aliphatic rings. The minimum Gasteiger partial charge on any atom is -0.444 e. The molecular weight excluding hydrogens is 264 g/mol. The topological polar surface area (TPSA) is 41.6 Å². The molecule has 0 aliphatic carbocycles. The maximum absolute atomic E-state index is 12.5. The van der Waals surface area contributed by atoms with Gasteiger partial charge in [0.2, 0.25) is 0 Å². The molecule has 1 amide bonds. The number of hydrogen-bond donors (Lipinski definition) is 1. The fraction of sp³-hybridized carbons (Fsp3) is 0.941. The van der Waals surface area contributed by atoms with Crippen molar-refractivity contribution in [3.63, 3.8) is 0 Å². The van der Waals surface area contributed by atoms with Gasteiger partial charge in [-0.3, -0.25) is 0 Å². The van der Waals surface area contributed by atoms with Crippen LogP contribution >= 0.6 is 0 Å². The Morgan fingerprint density at radius 2 is 2.05 bits per heavy atom. The van der Waals surface area contributed by atoms with E-state index in [1.807, 2.05) is 25.7 Å². The number of likely N-dealkylation sites (tertiary alicyclic amines) is 1. The van der Waals surface area contributed by atoms with Crippen LogP contribution in [0.5, 0.6) is 0 Å². The second-order valence-electron chi connectivity index (χ2n) is 7.27. The molecule has 1 saturated heterocycles. The van der Waals surface area contributed by atoms with E-state index < -0.39 is 5.60 Å². The van der Waals surface area contributed by atoms with Crippen molar-refractivity contribution in [2.24, 2.45) is 0 Å². The molecule has 0 bridgehead atoms. The van der Waals surface area contributed by atoms with Crippen molar-refractivity contribution in [2.45, 2.75) is 90.8 Å². The van der Waals surface area contributed by atoms with Gasteiger partial charge in [-0.1, -0.05) is 19.8 Å². The predicted octanol–water partition coefficient (Wildman–Crippen LogP) is 3.94. The van der Waals surface area contributed by atoms with E-state index in [4.69, 9.17) is 4.74 Å². The zero-order valence-electron chi connectivity index (χ0n) is 14.6. The van der Waals surface area contributed by atoms with Crippen molar-refractivity contribution in [1.29, 1.82) is 0 Å². The summed E-state index contributed by atoms with van der Waals surface area (Å²) in [7, 11) is 0. The van der Waals surface area contributed by atoms with E-state index in [0.29, 0.717) is 12.1 Å². The quantitative estimate of drug-likeness (QED) is 0.835. The zero-order chi connectivity index (χ0) is 15.9. The van der Waals surface area contributed by atoms with E-state index in [2.05, 4.69) is 19.2 Å². The first-order valence-corrected chi connectivity index (χ1v) is 8.56. The van der Waals surface area contributed by atoms with E-state index in [-0.39, 0.29) is 6.09 Å². The molecular formula is C17H34N2O2. The summed E-state index contributed by atoms with van der Waals surface area (Å²) < 4.78 is 5.59. The first-order valence-electron chi connectivity index (χ1n) is 8.56. The van der Waals surface area contributed by atoms with Gasteiger partial charge in [-0.05, 0) is 59.9 Å². The summed E-state index contributed by atoms with van der Waals surface area (Å²) in [5, 5.41) is 3.53. The Morgan fingerprint density at radius 3 is 2.67 bits per heavy atom. The molecule has 0 aromatic rings. The second kappa shape index (κ2) is 8.62. The van der Waals surface area contributed by atoms with Crippen LogP contribution in [-0.4, -0.2) is 41.8 Å². The minimum atomic E-state index is -0.417. The third-order valence-electron chi connectivity index (χ3n) is 3.87. The molecule has 2 unspecified atom stereocenters. The SMILES string of the molecule is CCCNC(C)CC1CCCCCN1C(=O)OC(C)(C)C. The van der Waals surface area contributed by atoms with Crippen molar-refractivity contribution in [1.82, 2.24) is 10.2 Å². The Hall–Kier alpha value is -0.770. The van der Waals surface area contributed by atoms with Crippen LogP contribution < -0.4 is 5.32 Å². The number of carbonyl (C=O) groups excluding carboxylic acids is 1. The highest BCUT2D eigenvalue weighted by Crippen LogP contribution is 2.23. The molecule has 1 fully saturated rings. The minimum absolute atomic E-state index is 0.142. The number of carbonyl (C=O) groups is 1. The lowest BCUT2D eigenvalue weighted by Gasteiger charge is -2.33. The van der Waals surface area contributed by atoms with E-state index in [0.717, 1.165) is 38.8 Å². The van der Waals surface area contributed by atoms with Crippen molar-refractivity contribution >= 4 is 6.09 Å². The molecule has 21 heavy (non-hydrogen) atoms. The number of nitrogens with zero attached hydrogens (tertiary/aromatic N) is 1. The van der Waals surface area contributed by atoms with Crippen molar-refractivity contribution in [3.05, 3.63) is 0 Å². The van der Waals surface area contributed by atoms with Gasteiger partial charge in [0.25, 0.3) is 0 Å². The number of hydrogen-bond acceptors (Lipinski definition) is 3. The summed E-state index contributed by atoms with van der Waals surface area (Å²) in [5.74, 6) is 0. The van der Waals surface area contributed by atoms with Crippen molar-refractivity contribution < 1.29 is 9.53 Å². The number of amides is 1. The fourth-order valence-corrected chi connectivity index (χ4v) is 2.87. The lowest BCUT2D eigenvalue weighted by Crippen LogP contribution is -2.45. The average molecular weight is 298 g/mol. The molecule has 2 atom stereocenters. The largest absolute Gasteiger partial charge is 0.444 e. The van der Waals surface area contributed by atoms with Gasteiger partial charge in [0.15, 0.2) is 0 Å². The zero-order valence-corrected chi connectivity index (χ0v) is 14.6. The maximum Gasteiger partial charge on any atom is 0.410 e. The first-order chi connectivity index (χ1) is 9.83. The van der Waals surface area contributed by atoms with Crippen molar-refractivity contribution in [3.8, 4) is 0 Å². The number of ether oxygens (including phenoxy) is 1. The third kappa shape index (κ3) is 7.16. The van der Waals surface area contributed by atoms with Crippen LogP contribution in [-0.2, 0) is 4.74 Å². The summed E-state index contributed by atoms with van der Waals surface area (Å²) in [5.41, 5.74) is -0.417. The monoisotopic (exact) mass is 298 g/mol. The molecule has 0 saturated carbocycles. The van der Waals surface area contributed by atoms with Crippen LogP contribution in [0, 0.1) is 0 Å². The summed E-state index contributed by atoms with van der Waals surface area (Å²) in [6.45, 7) is 12.1. The Kier molecular flexibility index (Phi) is 7.50. The Bertz CT molecular complexity index is 312. The molecule has 0 radical (unpaired) electrons. The highest BCUT2D eigenvalue weighted by Gasteiger charge is 2.30. The van der Waals surface area contributed by atoms with Gasteiger partial charge in [-0.15, -0.1) is 0 Å². The smallest absolute Gasteiger partial charge is 0.410 e. The van der Waals surface area contributed by atoms with E-state index >= 15 is 0 Å². The van der Waals surface area contributed by atoms with Crippen LogP contribution in [0.15, 0.2) is 0 Å². The average Bonchev–Trinajstić information content (AvgIpc) is 2.59. The molecule has 0 aromatic carbocycles. The Morgan fingerprint density at radius 1 is 1.33 bits per heavy atom. The maximum atomic E-state index is 12.5. The van der Waals surface area contributed by atoms with Crippen LogP contribution in [0.25, 0.3) is 0 Å². The van der Waals surface area contributed by atoms with Gasteiger partial charge in [-0.2, -0.15) is 0 Å². The summed E-state index contributed by atoms with van der Waals surface area (Å²) >= 11 is 0. The van der Waals surface area contributed by atoms with Gasteiger partial charge in [0, 0.05) is 18.6 Å².